The van der Waals surface area contributed by atoms with E-state index < -0.39 is 11.4 Å². The predicted octanol–water partition coefficient (Wildman–Crippen LogP) is 4.51. The first-order chi connectivity index (χ1) is 10.1. The highest BCUT2D eigenvalue weighted by molar-refractivity contribution is 9.10. The number of aliphatic carboxylic acids is 1. The van der Waals surface area contributed by atoms with Gasteiger partial charge in [-0.25, -0.2) is 0 Å². The molecule has 3 rings (SSSR count). The van der Waals surface area contributed by atoms with Crippen molar-refractivity contribution in [1.29, 1.82) is 0 Å². The lowest BCUT2D eigenvalue weighted by molar-refractivity contribution is -0.143. The van der Waals surface area contributed by atoms with Gasteiger partial charge in [-0.1, -0.05) is 34.8 Å². The Morgan fingerprint density at radius 3 is 2.52 bits per heavy atom. The molecule has 1 N–H and O–H groups in total. The summed E-state index contributed by atoms with van der Waals surface area (Å²) < 4.78 is 6.48. The van der Waals surface area contributed by atoms with Crippen LogP contribution >= 0.6 is 15.9 Å². The molecule has 0 unspecified atom stereocenters. The van der Waals surface area contributed by atoms with Crippen molar-refractivity contribution in [2.45, 2.75) is 31.1 Å². The van der Waals surface area contributed by atoms with Crippen molar-refractivity contribution in [3.05, 3.63) is 40.4 Å². The van der Waals surface area contributed by atoms with Crippen LogP contribution in [0.1, 0.15) is 31.2 Å². The lowest BCUT2D eigenvalue weighted by Crippen LogP contribution is -2.33. The Hall–Kier alpha value is -1.55. The Bertz CT molecular complexity index is 702. The average molecular weight is 349 g/mol. The van der Waals surface area contributed by atoms with Crippen LogP contribution in [0.25, 0.3) is 10.8 Å². The fourth-order valence-corrected chi connectivity index (χ4v) is 3.75. The number of benzene rings is 2. The van der Waals surface area contributed by atoms with Crippen LogP contribution in [0.5, 0.6) is 5.75 Å². The van der Waals surface area contributed by atoms with E-state index in [0.29, 0.717) is 18.6 Å². The molecule has 1 saturated carbocycles. The van der Waals surface area contributed by atoms with E-state index in [0.717, 1.165) is 33.7 Å². The first kappa shape index (κ1) is 14.4. The zero-order valence-electron chi connectivity index (χ0n) is 11.9. The number of hydrogen-bond donors (Lipinski definition) is 1. The molecule has 0 aliphatic heterocycles. The molecule has 1 aliphatic rings. The van der Waals surface area contributed by atoms with Gasteiger partial charge in [0.2, 0.25) is 0 Å². The summed E-state index contributed by atoms with van der Waals surface area (Å²) in [5.41, 5.74) is 0.00239. The van der Waals surface area contributed by atoms with Crippen molar-refractivity contribution in [2.24, 2.45) is 0 Å². The molecule has 0 atom stereocenters. The lowest BCUT2D eigenvalue weighted by Gasteiger charge is -2.27. The summed E-state index contributed by atoms with van der Waals surface area (Å²) in [6.07, 6.45) is 3.26. The molecular weight excluding hydrogens is 332 g/mol. The Labute approximate surface area is 132 Å². The van der Waals surface area contributed by atoms with Crippen LogP contribution in [0.2, 0.25) is 0 Å². The van der Waals surface area contributed by atoms with Crippen molar-refractivity contribution >= 4 is 32.7 Å². The van der Waals surface area contributed by atoms with Crippen molar-refractivity contribution in [3.8, 4) is 5.75 Å². The molecule has 110 valence electrons. The molecule has 1 aliphatic carbocycles. The van der Waals surface area contributed by atoms with Gasteiger partial charge in [0.1, 0.15) is 5.75 Å². The zero-order chi connectivity index (χ0) is 15.0. The van der Waals surface area contributed by atoms with E-state index >= 15 is 0 Å². The number of carboxylic acid groups (broad SMARTS) is 1. The third-order valence-electron chi connectivity index (χ3n) is 4.50. The average Bonchev–Trinajstić information content (AvgIpc) is 2.96. The normalized spacial score (nSPS) is 17.0. The molecule has 0 spiro atoms. The van der Waals surface area contributed by atoms with Gasteiger partial charge in [-0.3, -0.25) is 4.79 Å². The number of hydrogen-bond acceptors (Lipinski definition) is 2. The Morgan fingerprint density at radius 1 is 1.19 bits per heavy atom. The van der Waals surface area contributed by atoms with E-state index in [1.165, 1.54) is 0 Å². The van der Waals surface area contributed by atoms with Gasteiger partial charge >= 0.3 is 5.97 Å². The highest BCUT2D eigenvalue weighted by Crippen LogP contribution is 2.46. The smallest absolute Gasteiger partial charge is 0.314 e. The van der Waals surface area contributed by atoms with Gasteiger partial charge in [-0.15, -0.1) is 0 Å². The van der Waals surface area contributed by atoms with E-state index in [2.05, 4.69) is 15.9 Å². The zero-order valence-corrected chi connectivity index (χ0v) is 13.4. The summed E-state index contributed by atoms with van der Waals surface area (Å²) >= 11 is 3.47. The first-order valence-corrected chi connectivity index (χ1v) is 7.87. The summed E-state index contributed by atoms with van der Waals surface area (Å²) in [7, 11) is 1.61. The van der Waals surface area contributed by atoms with Crippen LogP contribution in [-0.4, -0.2) is 18.2 Å². The minimum atomic E-state index is -0.804. The summed E-state index contributed by atoms with van der Waals surface area (Å²) in [6, 6.07) is 9.93. The minimum absolute atomic E-state index is 0.675. The van der Waals surface area contributed by atoms with Crippen LogP contribution in [0.3, 0.4) is 0 Å². The van der Waals surface area contributed by atoms with Gasteiger partial charge in [0.05, 0.1) is 12.5 Å². The number of fused-ring (bicyclic) bond motifs is 1. The topological polar surface area (TPSA) is 46.5 Å². The van der Waals surface area contributed by atoms with Crippen LogP contribution in [0.15, 0.2) is 34.8 Å². The summed E-state index contributed by atoms with van der Waals surface area (Å²) in [5, 5.41) is 11.9. The van der Waals surface area contributed by atoms with Crippen molar-refractivity contribution in [1.82, 2.24) is 0 Å². The number of rotatable bonds is 3. The Kier molecular flexibility index (Phi) is 3.66. The summed E-state index contributed by atoms with van der Waals surface area (Å²) in [6.45, 7) is 0. The molecule has 0 amide bonds. The molecule has 2 aromatic carbocycles. The molecule has 0 bridgehead atoms. The number of carbonyl (C=O) groups is 1. The molecule has 2 aromatic rings. The molecule has 0 heterocycles. The molecule has 0 radical (unpaired) electrons. The molecule has 21 heavy (non-hydrogen) atoms. The van der Waals surface area contributed by atoms with Crippen molar-refractivity contribution < 1.29 is 14.6 Å². The lowest BCUT2D eigenvalue weighted by atomic mass is 9.77. The molecule has 0 aromatic heterocycles. The van der Waals surface area contributed by atoms with Crippen molar-refractivity contribution in [2.75, 3.05) is 7.11 Å². The van der Waals surface area contributed by atoms with Crippen LogP contribution < -0.4 is 4.74 Å². The van der Waals surface area contributed by atoms with E-state index in [4.69, 9.17) is 4.74 Å². The maximum absolute atomic E-state index is 11.9. The predicted molar refractivity (Wildman–Crippen MR) is 86.0 cm³/mol. The van der Waals surface area contributed by atoms with E-state index in [1.807, 2.05) is 30.3 Å². The third kappa shape index (κ3) is 2.31. The third-order valence-corrected chi connectivity index (χ3v) is 5.00. The number of methoxy groups -OCH3 is 1. The quantitative estimate of drug-likeness (QED) is 0.887. The summed E-state index contributed by atoms with van der Waals surface area (Å²) in [5.74, 6) is -0.0678. The van der Waals surface area contributed by atoms with Gasteiger partial charge in [-0.05, 0) is 47.9 Å². The Balaban J connectivity index is 2.26. The van der Waals surface area contributed by atoms with Gasteiger partial charge in [-0.2, -0.15) is 0 Å². The summed E-state index contributed by atoms with van der Waals surface area (Å²) in [4.78, 5) is 11.9. The molecule has 0 saturated heterocycles. The largest absolute Gasteiger partial charge is 0.496 e. The van der Waals surface area contributed by atoms with Crippen LogP contribution in [-0.2, 0) is 10.2 Å². The monoisotopic (exact) mass is 348 g/mol. The second-order valence-electron chi connectivity index (χ2n) is 5.64. The number of carboxylic acids is 1. The van der Waals surface area contributed by atoms with Gasteiger partial charge in [0.15, 0.2) is 0 Å². The minimum Gasteiger partial charge on any atom is -0.496 e. The van der Waals surface area contributed by atoms with Crippen molar-refractivity contribution in [3.63, 3.8) is 0 Å². The fraction of sp³-hybridized carbons (Fsp3) is 0.353. The maximum Gasteiger partial charge on any atom is 0.314 e. The maximum atomic E-state index is 11.9. The highest BCUT2D eigenvalue weighted by atomic mass is 79.9. The highest BCUT2D eigenvalue weighted by Gasteiger charge is 2.44. The number of halogens is 1. The first-order valence-electron chi connectivity index (χ1n) is 7.08. The number of ether oxygens (including phenoxy) is 1. The van der Waals surface area contributed by atoms with Crippen LogP contribution in [0, 0.1) is 0 Å². The van der Waals surface area contributed by atoms with Crippen LogP contribution in [0.4, 0.5) is 0 Å². The van der Waals surface area contributed by atoms with E-state index in [1.54, 1.807) is 7.11 Å². The molecule has 3 nitrogen and oxygen atoms in total. The molecule has 1 fully saturated rings. The Morgan fingerprint density at radius 2 is 1.90 bits per heavy atom. The second-order valence-corrected chi connectivity index (χ2v) is 6.55. The van der Waals surface area contributed by atoms with Gasteiger partial charge < -0.3 is 9.84 Å². The van der Waals surface area contributed by atoms with E-state index in [-0.39, 0.29) is 0 Å². The fourth-order valence-electron chi connectivity index (χ4n) is 3.37. The SMILES string of the molecule is COc1cc2ccc(Br)cc2cc1C1(C(=O)O)CCCC1. The second kappa shape index (κ2) is 5.34. The van der Waals surface area contributed by atoms with Gasteiger partial charge in [0, 0.05) is 10.0 Å². The van der Waals surface area contributed by atoms with Gasteiger partial charge in [0.25, 0.3) is 0 Å². The van der Waals surface area contributed by atoms with E-state index in [9.17, 15) is 9.90 Å². The standard InChI is InChI=1S/C17H17BrO3/c1-21-15-10-11-4-5-13(18)8-12(11)9-14(15)17(16(19)20)6-2-3-7-17/h4-5,8-10H,2-3,6-7H2,1H3,(H,19,20). The molecular formula is C17H17BrO3. The molecule has 4 heteroatoms.